The highest BCUT2D eigenvalue weighted by atomic mass is 35.5. The first-order chi connectivity index (χ1) is 16.4. The third-order valence-corrected chi connectivity index (χ3v) is 7.43. The van der Waals surface area contributed by atoms with Crippen LogP contribution in [0.4, 0.5) is 8.78 Å². The van der Waals surface area contributed by atoms with Gasteiger partial charge < -0.3 is 20.9 Å². The maximum Gasteiger partial charge on any atom is 0.245 e. The van der Waals surface area contributed by atoms with Gasteiger partial charge in [-0.05, 0) is 74.3 Å². The number of H-pyrrole nitrogens is 1. The van der Waals surface area contributed by atoms with E-state index in [-0.39, 0.29) is 28.4 Å². The van der Waals surface area contributed by atoms with Gasteiger partial charge in [0.05, 0.1) is 10.8 Å². The molecular formula is C24H25ClF2N4O2S. The first kappa shape index (κ1) is 24.5. The van der Waals surface area contributed by atoms with Crippen molar-refractivity contribution in [2.24, 2.45) is 0 Å². The molecule has 2 aromatic carbocycles. The quantitative estimate of drug-likeness (QED) is 0.350. The van der Waals surface area contributed by atoms with Gasteiger partial charge in [-0.3, -0.25) is 9.59 Å². The van der Waals surface area contributed by atoms with Crippen molar-refractivity contribution in [1.82, 2.24) is 20.9 Å². The lowest BCUT2D eigenvalue weighted by Gasteiger charge is -2.37. The molecule has 0 radical (unpaired) electrons. The van der Waals surface area contributed by atoms with E-state index in [9.17, 15) is 18.4 Å². The van der Waals surface area contributed by atoms with E-state index in [0.717, 1.165) is 16.5 Å². The van der Waals surface area contributed by atoms with Crippen LogP contribution in [0.5, 0.6) is 0 Å². The summed E-state index contributed by atoms with van der Waals surface area (Å²) >= 11 is 7.23. The Morgan fingerprint density at radius 1 is 1.09 bits per heavy atom. The van der Waals surface area contributed by atoms with E-state index in [0.29, 0.717) is 43.8 Å². The summed E-state index contributed by atoms with van der Waals surface area (Å²) in [6.45, 7) is 1.56. The molecule has 3 aromatic rings. The number of hydrogen-bond donors (Lipinski definition) is 4. The van der Waals surface area contributed by atoms with Gasteiger partial charge in [-0.2, -0.15) is 0 Å². The normalized spacial score (nSPS) is 15.3. The lowest BCUT2D eigenvalue weighted by molar-refractivity contribution is -0.133. The molecule has 0 unspecified atom stereocenters. The van der Waals surface area contributed by atoms with Crippen molar-refractivity contribution >= 4 is 46.1 Å². The molecule has 180 valence electrons. The van der Waals surface area contributed by atoms with E-state index in [1.807, 2.05) is 6.20 Å². The Morgan fingerprint density at radius 3 is 2.59 bits per heavy atom. The molecule has 0 atom stereocenters. The van der Waals surface area contributed by atoms with E-state index < -0.39 is 11.4 Å². The van der Waals surface area contributed by atoms with Crippen LogP contribution in [0.1, 0.15) is 18.4 Å². The zero-order chi connectivity index (χ0) is 24.1. The van der Waals surface area contributed by atoms with Gasteiger partial charge >= 0.3 is 0 Å². The van der Waals surface area contributed by atoms with E-state index in [1.54, 1.807) is 6.07 Å². The number of thioether (sulfide) groups is 1. The number of aromatic amines is 1. The molecule has 34 heavy (non-hydrogen) atoms. The Morgan fingerprint density at radius 2 is 1.82 bits per heavy atom. The largest absolute Gasteiger partial charge is 0.361 e. The molecule has 1 aliphatic heterocycles. The van der Waals surface area contributed by atoms with Crippen molar-refractivity contribution in [3.8, 4) is 0 Å². The fourth-order valence-electron chi connectivity index (χ4n) is 4.14. The summed E-state index contributed by atoms with van der Waals surface area (Å²) in [5, 5.41) is 10.1. The summed E-state index contributed by atoms with van der Waals surface area (Å²) in [5.41, 5.74) is 0.733. The van der Waals surface area contributed by atoms with E-state index >= 15 is 0 Å². The highest BCUT2D eigenvalue weighted by Gasteiger charge is 2.40. The number of halogens is 3. The van der Waals surface area contributed by atoms with Crippen LogP contribution >= 0.6 is 23.4 Å². The van der Waals surface area contributed by atoms with Gasteiger partial charge in [0, 0.05) is 28.5 Å². The maximum atomic E-state index is 13.6. The third kappa shape index (κ3) is 5.71. The minimum Gasteiger partial charge on any atom is -0.361 e. The van der Waals surface area contributed by atoms with Crippen LogP contribution in [0.3, 0.4) is 0 Å². The van der Waals surface area contributed by atoms with Crippen molar-refractivity contribution in [2.75, 3.05) is 25.4 Å². The van der Waals surface area contributed by atoms with Crippen LogP contribution in [0.2, 0.25) is 5.02 Å². The second-order valence-corrected chi connectivity index (χ2v) is 9.68. The van der Waals surface area contributed by atoms with Crippen LogP contribution in [0.25, 0.3) is 10.9 Å². The molecule has 0 aliphatic carbocycles. The number of aromatic nitrogens is 1. The number of benzene rings is 2. The topological polar surface area (TPSA) is 86.0 Å². The highest BCUT2D eigenvalue weighted by molar-refractivity contribution is 8.00. The van der Waals surface area contributed by atoms with Gasteiger partial charge in [-0.1, -0.05) is 11.6 Å². The number of carbonyl (C=O) groups excluding carboxylic acids is 2. The third-order valence-electron chi connectivity index (χ3n) is 5.93. The summed E-state index contributed by atoms with van der Waals surface area (Å²) in [4.78, 5) is 29.6. The number of rotatable bonds is 8. The SMILES string of the molecule is O=C(CSc1ccc(F)cc1Cl)NC1(C(=O)NCCc2c[nH]c3ccc(F)cc23)CCNCC1. The Hall–Kier alpha value is -2.62. The Balaban J connectivity index is 1.36. The molecule has 2 heterocycles. The molecule has 2 amide bonds. The zero-order valence-corrected chi connectivity index (χ0v) is 19.9. The van der Waals surface area contributed by atoms with E-state index in [1.165, 1.54) is 42.1 Å². The molecule has 4 N–H and O–H groups in total. The number of fused-ring (bicyclic) bond motifs is 1. The van der Waals surface area contributed by atoms with E-state index in [2.05, 4.69) is 20.9 Å². The minimum absolute atomic E-state index is 0.0503. The molecular weight excluding hydrogens is 482 g/mol. The molecule has 10 heteroatoms. The second kappa shape index (κ2) is 10.8. The first-order valence-electron chi connectivity index (χ1n) is 11.0. The van der Waals surface area contributed by atoms with Gasteiger partial charge in [0.15, 0.2) is 0 Å². The van der Waals surface area contributed by atoms with Gasteiger partial charge in [0.2, 0.25) is 11.8 Å². The predicted molar refractivity (Wildman–Crippen MR) is 130 cm³/mol. The van der Waals surface area contributed by atoms with Crippen molar-refractivity contribution < 1.29 is 18.4 Å². The first-order valence-corrected chi connectivity index (χ1v) is 12.4. The average Bonchev–Trinajstić information content (AvgIpc) is 3.21. The van der Waals surface area contributed by atoms with Crippen molar-refractivity contribution in [3.63, 3.8) is 0 Å². The molecule has 1 aromatic heterocycles. The summed E-state index contributed by atoms with van der Waals surface area (Å²) in [7, 11) is 0. The van der Waals surface area contributed by atoms with Crippen LogP contribution in [-0.2, 0) is 16.0 Å². The molecule has 6 nitrogen and oxygen atoms in total. The van der Waals surface area contributed by atoms with Crippen LogP contribution in [0.15, 0.2) is 47.5 Å². The van der Waals surface area contributed by atoms with Crippen LogP contribution in [0, 0.1) is 11.6 Å². The second-order valence-electron chi connectivity index (χ2n) is 8.25. The molecule has 4 rings (SSSR count). The molecule has 1 fully saturated rings. The summed E-state index contributed by atoms with van der Waals surface area (Å²) in [6, 6.07) is 8.57. The highest BCUT2D eigenvalue weighted by Crippen LogP contribution is 2.28. The molecule has 0 bridgehead atoms. The van der Waals surface area contributed by atoms with Crippen molar-refractivity contribution in [2.45, 2.75) is 29.7 Å². The van der Waals surface area contributed by atoms with Crippen LogP contribution in [-0.4, -0.2) is 47.7 Å². The molecule has 0 spiro atoms. The van der Waals surface area contributed by atoms with Crippen molar-refractivity contribution in [3.05, 3.63) is 64.8 Å². The summed E-state index contributed by atoms with van der Waals surface area (Å²) in [5.74, 6) is -1.24. The van der Waals surface area contributed by atoms with Gasteiger partial charge in [-0.15, -0.1) is 11.8 Å². The lowest BCUT2D eigenvalue weighted by atomic mass is 9.87. The predicted octanol–water partition coefficient (Wildman–Crippen LogP) is 3.79. The fraction of sp³-hybridized carbons (Fsp3) is 0.333. The molecule has 1 saturated heterocycles. The number of piperidine rings is 1. The molecule has 0 saturated carbocycles. The number of carbonyl (C=O) groups is 2. The van der Waals surface area contributed by atoms with Gasteiger partial charge in [-0.25, -0.2) is 8.78 Å². The fourth-order valence-corrected chi connectivity index (χ4v) is 5.19. The standard InChI is InChI=1S/C24H25ClF2N4O2S/c25-19-12-17(27)2-4-21(19)34-14-22(32)31-24(6-9-28-10-7-24)23(33)29-8-5-15-13-30-20-3-1-16(26)11-18(15)20/h1-4,11-13,28,30H,5-10,14H2,(H,29,33)(H,31,32). The Bertz CT molecular complexity index is 1200. The number of amides is 2. The minimum atomic E-state index is -1.01. The Kier molecular flexibility index (Phi) is 7.75. The lowest BCUT2D eigenvalue weighted by Crippen LogP contribution is -2.63. The summed E-state index contributed by atoms with van der Waals surface area (Å²) < 4.78 is 26.9. The van der Waals surface area contributed by atoms with Gasteiger partial charge in [0.25, 0.3) is 0 Å². The molecule has 1 aliphatic rings. The van der Waals surface area contributed by atoms with Crippen LogP contribution < -0.4 is 16.0 Å². The van der Waals surface area contributed by atoms with Crippen molar-refractivity contribution in [1.29, 1.82) is 0 Å². The number of nitrogens with one attached hydrogen (secondary N) is 4. The maximum absolute atomic E-state index is 13.6. The average molecular weight is 507 g/mol. The monoisotopic (exact) mass is 506 g/mol. The smallest absolute Gasteiger partial charge is 0.245 e. The van der Waals surface area contributed by atoms with E-state index in [4.69, 9.17) is 11.6 Å². The Labute approximate surface area is 205 Å². The summed E-state index contributed by atoms with van der Waals surface area (Å²) in [6.07, 6.45) is 3.27. The zero-order valence-electron chi connectivity index (χ0n) is 18.3. The van der Waals surface area contributed by atoms with Gasteiger partial charge in [0.1, 0.15) is 17.2 Å². The number of hydrogen-bond acceptors (Lipinski definition) is 4.